The minimum absolute atomic E-state index is 0.0206. The predicted molar refractivity (Wildman–Crippen MR) is 152 cm³/mol. The van der Waals surface area contributed by atoms with Crippen molar-refractivity contribution in [1.29, 1.82) is 0 Å². The summed E-state index contributed by atoms with van der Waals surface area (Å²) in [6.45, 7) is 5.44. The van der Waals surface area contributed by atoms with Crippen LogP contribution in [0.15, 0.2) is 82.2 Å². The summed E-state index contributed by atoms with van der Waals surface area (Å²) in [5, 5.41) is 2.57. The van der Waals surface area contributed by atoms with Crippen LogP contribution in [0.2, 0.25) is 0 Å². The zero-order valence-electron chi connectivity index (χ0n) is 21.8. The van der Waals surface area contributed by atoms with Crippen LogP contribution >= 0.6 is 15.9 Å². The molecule has 0 bridgehead atoms. The molecular formula is C28H32BrN3O5S. The molecule has 0 saturated carbocycles. The number of amides is 2. The number of hydrogen-bond donors (Lipinski definition) is 1. The molecule has 3 rings (SSSR count). The summed E-state index contributed by atoms with van der Waals surface area (Å²) in [6.07, 6.45) is 0. The lowest BCUT2D eigenvalue weighted by molar-refractivity contribution is -0.139. The molecule has 8 nitrogen and oxygen atoms in total. The standard InChI is InChI=1S/C28H32BrN3O5S/c1-5-37-25-13-15-26(16-14-25)38(35,36)32(24-11-9-20(2)10-12-24)19-27(33)31(21(3)28(34)30-4)18-22-7-6-8-23(29)17-22/h6-17,21H,5,18-19H2,1-4H3,(H,30,34)/t21-/m1/s1. The van der Waals surface area contributed by atoms with Crippen molar-refractivity contribution in [3.05, 3.63) is 88.4 Å². The van der Waals surface area contributed by atoms with Crippen molar-refractivity contribution in [2.75, 3.05) is 24.5 Å². The second-order valence-electron chi connectivity index (χ2n) is 8.69. The molecule has 10 heteroatoms. The maximum absolute atomic E-state index is 13.8. The third-order valence-electron chi connectivity index (χ3n) is 5.98. The number of rotatable bonds is 11. The van der Waals surface area contributed by atoms with Gasteiger partial charge in [0.25, 0.3) is 10.0 Å². The van der Waals surface area contributed by atoms with Crippen LogP contribution in [-0.2, 0) is 26.2 Å². The SMILES string of the molecule is CCOc1ccc(S(=O)(=O)N(CC(=O)N(Cc2cccc(Br)c2)[C@H](C)C(=O)NC)c2ccc(C)cc2)cc1. The molecular weight excluding hydrogens is 570 g/mol. The Morgan fingerprint density at radius 2 is 1.68 bits per heavy atom. The van der Waals surface area contributed by atoms with Crippen LogP contribution in [-0.4, -0.2) is 51.4 Å². The second-order valence-corrected chi connectivity index (χ2v) is 11.5. The lowest BCUT2D eigenvalue weighted by Crippen LogP contribution is -2.50. The van der Waals surface area contributed by atoms with E-state index in [1.807, 2.05) is 38.1 Å². The Hall–Kier alpha value is -3.37. The first-order chi connectivity index (χ1) is 18.1. The Labute approximate surface area is 232 Å². The topological polar surface area (TPSA) is 96.0 Å². The Balaban J connectivity index is 2.01. The Bertz CT molecular complexity index is 1360. The van der Waals surface area contributed by atoms with Gasteiger partial charge in [0.15, 0.2) is 0 Å². The first-order valence-electron chi connectivity index (χ1n) is 12.1. The molecule has 1 atom stereocenters. The molecule has 38 heavy (non-hydrogen) atoms. The van der Waals surface area contributed by atoms with E-state index in [9.17, 15) is 18.0 Å². The molecule has 2 amide bonds. The molecule has 0 unspecified atom stereocenters. The number of likely N-dealkylation sites (N-methyl/N-ethyl adjacent to an activating group) is 1. The normalized spacial score (nSPS) is 11.9. The number of benzene rings is 3. The van der Waals surface area contributed by atoms with Gasteiger partial charge < -0.3 is 15.0 Å². The van der Waals surface area contributed by atoms with Gasteiger partial charge in [0.1, 0.15) is 18.3 Å². The van der Waals surface area contributed by atoms with E-state index < -0.39 is 28.5 Å². The molecule has 3 aromatic rings. The van der Waals surface area contributed by atoms with E-state index in [0.29, 0.717) is 18.0 Å². The molecule has 3 aromatic carbocycles. The Kier molecular flexibility index (Phi) is 9.93. The zero-order valence-corrected chi connectivity index (χ0v) is 24.3. The van der Waals surface area contributed by atoms with Gasteiger partial charge in [0.05, 0.1) is 17.2 Å². The first-order valence-corrected chi connectivity index (χ1v) is 14.4. The summed E-state index contributed by atoms with van der Waals surface area (Å²) >= 11 is 3.43. The van der Waals surface area contributed by atoms with Gasteiger partial charge >= 0.3 is 0 Å². The van der Waals surface area contributed by atoms with Gasteiger partial charge in [-0.2, -0.15) is 0 Å². The van der Waals surface area contributed by atoms with Gasteiger partial charge in [-0.25, -0.2) is 8.42 Å². The molecule has 0 heterocycles. The molecule has 1 N–H and O–H groups in total. The molecule has 202 valence electrons. The number of nitrogens with zero attached hydrogens (tertiary/aromatic N) is 2. The highest BCUT2D eigenvalue weighted by molar-refractivity contribution is 9.10. The van der Waals surface area contributed by atoms with Crippen LogP contribution < -0.4 is 14.4 Å². The van der Waals surface area contributed by atoms with Crippen LogP contribution in [0.4, 0.5) is 5.69 Å². The number of carbonyl (C=O) groups is 2. The first kappa shape index (κ1) is 29.2. The van der Waals surface area contributed by atoms with Crippen molar-refractivity contribution in [2.45, 2.75) is 38.3 Å². The van der Waals surface area contributed by atoms with Crippen LogP contribution in [0.5, 0.6) is 5.75 Å². The largest absolute Gasteiger partial charge is 0.494 e. The van der Waals surface area contributed by atoms with Crippen molar-refractivity contribution in [3.8, 4) is 5.75 Å². The monoisotopic (exact) mass is 601 g/mol. The Morgan fingerprint density at radius 3 is 2.26 bits per heavy atom. The molecule has 0 aliphatic heterocycles. The van der Waals surface area contributed by atoms with Crippen LogP contribution in [0.1, 0.15) is 25.0 Å². The molecule has 0 aliphatic rings. The zero-order chi connectivity index (χ0) is 27.9. The van der Waals surface area contributed by atoms with Crippen molar-refractivity contribution >= 4 is 43.5 Å². The van der Waals surface area contributed by atoms with Crippen molar-refractivity contribution in [1.82, 2.24) is 10.2 Å². The number of carbonyl (C=O) groups excluding carboxylic acids is 2. The van der Waals surface area contributed by atoms with E-state index in [0.717, 1.165) is 19.9 Å². The fourth-order valence-electron chi connectivity index (χ4n) is 3.87. The summed E-state index contributed by atoms with van der Waals surface area (Å²) in [6, 6.07) is 19.5. The lowest BCUT2D eigenvalue weighted by Gasteiger charge is -2.31. The quantitative estimate of drug-likeness (QED) is 0.349. The van der Waals surface area contributed by atoms with E-state index in [1.54, 1.807) is 43.3 Å². The molecule has 0 saturated heterocycles. The number of nitrogens with one attached hydrogen (secondary N) is 1. The fraction of sp³-hybridized carbons (Fsp3) is 0.286. The average molecular weight is 603 g/mol. The van der Waals surface area contributed by atoms with E-state index in [1.165, 1.54) is 24.1 Å². The van der Waals surface area contributed by atoms with Crippen LogP contribution in [0, 0.1) is 6.92 Å². The van der Waals surface area contributed by atoms with Gasteiger partial charge in [-0.3, -0.25) is 13.9 Å². The number of aryl methyl sites for hydroxylation is 1. The number of sulfonamides is 1. The van der Waals surface area contributed by atoms with Crippen LogP contribution in [0.3, 0.4) is 0 Å². The number of halogens is 1. The third-order valence-corrected chi connectivity index (χ3v) is 8.26. The van der Waals surface area contributed by atoms with Gasteiger partial charge in [-0.1, -0.05) is 45.8 Å². The van der Waals surface area contributed by atoms with Gasteiger partial charge in [-0.05, 0) is 74.9 Å². The number of anilines is 1. The lowest BCUT2D eigenvalue weighted by atomic mass is 10.1. The number of hydrogen-bond acceptors (Lipinski definition) is 5. The summed E-state index contributed by atoms with van der Waals surface area (Å²) < 4.78 is 35.0. The Morgan fingerprint density at radius 1 is 1.03 bits per heavy atom. The van der Waals surface area contributed by atoms with Gasteiger partial charge in [-0.15, -0.1) is 0 Å². The molecule has 0 spiro atoms. The van der Waals surface area contributed by atoms with Crippen molar-refractivity contribution < 1.29 is 22.7 Å². The van der Waals surface area contributed by atoms with E-state index in [4.69, 9.17) is 4.74 Å². The van der Waals surface area contributed by atoms with Crippen molar-refractivity contribution in [2.24, 2.45) is 0 Å². The number of ether oxygens (including phenoxy) is 1. The summed E-state index contributed by atoms with van der Waals surface area (Å²) in [7, 11) is -2.64. The van der Waals surface area contributed by atoms with E-state index in [2.05, 4.69) is 21.2 Å². The maximum Gasteiger partial charge on any atom is 0.264 e. The molecule has 0 aromatic heterocycles. The fourth-order valence-corrected chi connectivity index (χ4v) is 5.73. The predicted octanol–water partition coefficient (Wildman–Crippen LogP) is 4.51. The van der Waals surface area contributed by atoms with E-state index >= 15 is 0 Å². The van der Waals surface area contributed by atoms with Crippen molar-refractivity contribution in [3.63, 3.8) is 0 Å². The highest BCUT2D eigenvalue weighted by Gasteiger charge is 2.32. The summed E-state index contributed by atoms with van der Waals surface area (Å²) in [5.74, 6) is -0.329. The third kappa shape index (κ3) is 7.14. The molecule has 0 aliphatic carbocycles. The maximum atomic E-state index is 13.8. The highest BCUT2D eigenvalue weighted by Crippen LogP contribution is 2.26. The average Bonchev–Trinajstić information content (AvgIpc) is 2.90. The van der Waals surface area contributed by atoms with Crippen LogP contribution in [0.25, 0.3) is 0 Å². The highest BCUT2D eigenvalue weighted by atomic mass is 79.9. The van der Waals surface area contributed by atoms with E-state index in [-0.39, 0.29) is 17.3 Å². The summed E-state index contributed by atoms with van der Waals surface area (Å²) in [4.78, 5) is 27.7. The molecule has 0 fully saturated rings. The smallest absolute Gasteiger partial charge is 0.264 e. The minimum Gasteiger partial charge on any atom is -0.494 e. The van der Waals surface area contributed by atoms with Gasteiger partial charge in [0.2, 0.25) is 11.8 Å². The second kappa shape index (κ2) is 12.9. The molecule has 0 radical (unpaired) electrons. The minimum atomic E-state index is -4.14. The van der Waals surface area contributed by atoms with Gasteiger partial charge in [0, 0.05) is 18.1 Å². The summed E-state index contributed by atoms with van der Waals surface area (Å²) in [5.41, 5.74) is 2.08.